The van der Waals surface area contributed by atoms with Gasteiger partial charge in [0.05, 0.1) is 5.52 Å². The van der Waals surface area contributed by atoms with E-state index in [1.165, 1.54) is 5.56 Å². The van der Waals surface area contributed by atoms with Crippen LogP contribution in [0.25, 0.3) is 10.9 Å². The van der Waals surface area contributed by atoms with E-state index in [-0.39, 0.29) is 0 Å². The molecule has 3 rings (SSSR count). The van der Waals surface area contributed by atoms with Crippen LogP contribution in [0.4, 0.5) is 0 Å². The van der Waals surface area contributed by atoms with Crippen LogP contribution in [0.15, 0.2) is 54.7 Å². The van der Waals surface area contributed by atoms with Gasteiger partial charge in [-0.25, -0.2) is 0 Å². The Kier molecular flexibility index (Phi) is 3.38. The molecule has 0 amide bonds. The minimum absolute atomic E-state index is 0.540. The minimum Gasteiger partial charge on any atom is -0.489 e. The van der Waals surface area contributed by atoms with E-state index in [1.54, 1.807) is 0 Å². The molecule has 1 heterocycles. The molecule has 2 nitrogen and oxygen atoms in total. The molecule has 0 aliphatic carbocycles. The first-order chi connectivity index (χ1) is 9.74. The van der Waals surface area contributed by atoms with E-state index in [2.05, 4.69) is 55.2 Å². The number of pyridine rings is 1. The van der Waals surface area contributed by atoms with Gasteiger partial charge in [-0.15, -0.1) is 0 Å². The van der Waals surface area contributed by atoms with Gasteiger partial charge in [0.25, 0.3) is 0 Å². The first-order valence-corrected chi connectivity index (χ1v) is 6.77. The lowest BCUT2D eigenvalue weighted by molar-refractivity contribution is 0.305. The maximum absolute atomic E-state index is 5.97. The highest BCUT2D eigenvalue weighted by Gasteiger charge is 2.04. The Morgan fingerprint density at radius 2 is 1.85 bits per heavy atom. The second-order valence-corrected chi connectivity index (χ2v) is 5.05. The van der Waals surface area contributed by atoms with Crippen molar-refractivity contribution >= 4 is 10.9 Å². The number of aryl methyl sites for hydroxylation is 2. The molecule has 0 saturated heterocycles. The molecule has 3 aromatic rings. The third-order valence-corrected chi connectivity index (χ3v) is 3.44. The van der Waals surface area contributed by atoms with Crippen LogP contribution in [0, 0.1) is 13.8 Å². The maximum Gasteiger partial charge on any atom is 0.122 e. The van der Waals surface area contributed by atoms with Gasteiger partial charge in [-0.3, -0.25) is 4.98 Å². The molecule has 0 N–H and O–H groups in total. The van der Waals surface area contributed by atoms with Crippen LogP contribution in [0.2, 0.25) is 0 Å². The van der Waals surface area contributed by atoms with Crippen LogP contribution in [-0.2, 0) is 6.61 Å². The molecule has 20 heavy (non-hydrogen) atoms. The molecular formula is C18H17NO. The van der Waals surface area contributed by atoms with Gasteiger partial charge in [0.2, 0.25) is 0 Å². The van der Waals surface area contributed by atoms with Crippen molar-refractivity contribution in [2.24, 2.45) is 0 Å². The number of benzene rings is 2. The van der Waals surface area contributed by atoms with Gasteiger partial charge >= 0.3 is 0 Å². The predicted octanol–water partition coefficient (Wildman–Crippen LogP) is 4.43. The average molecular weight is 263 g/mol. The minimum atomic E-state index is 0.540. The van der Waals surface area contributed by atoms with E-state index in [0.29, 0.717) is 6.61 Å². The highest BCUT2D eigenvalue weighted by Crippen LogP contribution is 2.22. The SMILES string of the molecule is Cc1ccc(C)c(OCc2cccc3cccnc23)c1. The zero-order valence-electron chi connectivity index (χ0n) is 11.8. The zero-order valence-corrected chi connectivity index (χ0v) is 11.8. The lowest BCUT2D eigenvalue weighted by atomic mass is 10.1. The van der Waals surface area contributed by atoms with Crippen molar-refractivity contribution in [3.63, 3.8) is 0 Å². The number of hydrogen-bond donors (Lipinski definition) is 0. The summed E-state index contributed by atoms with van der Waals surface area (Å²) in [5.74, 6) is 0.943. The molecule has 0 atom stereocenters. The van der Waals surface area contributed by atoms with Gasteiger partial charge in [-0.1, -0.05) is 36.4 Å². The summed E-state index contributed by atoms with van der Waals surface area (Å²) < 4.78 is 5.97. The molecule has 0 spiro atoms. The van der Waals surface area contributed by atoms with Crippen LogP contribution in [-0.4, -0.2) is 4.98 Å². The summed E-state index contributed by atoms with van der Waals surface area (Å²) in [6.07, 6.45) is 1.82. The molecule has 0 aliphatic heterocycles. The Labute approximate surface area is 119 Å². The smallest absolute Gasteiger partial charge is 0.122 e. The lowest BCUT2D eigenvalue weighted by Gasteiger charge is -2.11. The molecular weight excluding hydrogens is 246 g/mol. The summed E-state index contributed by atoms with van der Waals surface area (Å²) >= 11 is 0. The Morgan fingerprint density at radius 3 is 2.75 bits per heavy atom. The van der Waals surface area contributed by atoms with Crippen LogP contribution in [0.5, 0.6) is 5.75 Å². The van der Waals surface area contributed by atoms with E-state index in [9.17, 15) is 0 Å². The fourth-order valence-corrected chi connectivity index (χ4v) is 2.30. The van der Waals surface area contributed by atoms with Crippen molar-refractivity contribution in [3.8, 4) is 5.75 Å². The fourth-order valence-electron chi connectivity index (χ4n) is 2.30. The van der Waals surface area contributed by atoms with Crippen molar-refractivity contribution in [1.29, 1.82) is 0 Å². The van der Waals surface area contributed by atoms with Gasteiger partial charge in [-0.2, -0.15) is 0 Å². The number of fused-ring (bicyclic) bond motifs is 1. The Hall–Kier alpha value is -2.35. The first kappa shape index (κ1) is 12.7. The maximum atomic E-state index is 5.97. The van der Waals surface area contributed by atoms with Crippen LogP contribution < -0.4 is 4.74 Å². The lowest BCUT2D eigenvalue weighted by Crippen LogP contribution is -1.99. The molecule has 2 aromatic carbocycles. The third kappa shape index (κ3) is 2.50. The molecule has 0 bridgehead atoms. The number of rotatable bonds is 3. The summed E-state index contributed by atoms with van der Waals surface area (Å²) in [7, 11) is 0. The quantitative estimate of drug-likeness (QED) is 0.697. The van der Waals surface area contributed by atoms with E-state index in [0.717, 1.165) is 27.8 Å². The van der Waals surface area contributed by atoms with Gasteiger partial charge in [0.15, 0.2) is 0 Å². The summed E-state index contributed by atoms with van der Waals surface area (Å²) in [5.41, 5.74) is 4.50. The van der Waals surface area contributed by atoms with Crippen LogP contribution in [0.1, 0.15) is 16.7 Å². The molecule has 100 valence electrons. The van der Waals surface area contributed by atoms with Crippen molar-refractivity contribution in [2.75, 3.05) is 0 Å². The number of nitrogens with zero attached hydrogens (tertiary/aromatic N) is 1. The summed E-state index contributed by atoms with van der Waals surface area (Å²) in [4.78, 5) is 4.45. The van der Waals surface area contributed by atoms with E-state index >= 15 is 0 Å². The number of ether oxygens (including phenoxy) is 1. The topological polar surface area (TPSA) is 22.1 Å². The summed E-state index contributed by atoms with van der Waals surface area (Å²) in [5, 5.41) is 1.15. The fraction of sp³-hybridized carbons (Fsp3) is 0.167. The number of hydrogen-bond acceptors (Lipinski definition) is 2. The van der Waals surface area contributed by atoms with Crippen LogP contribution >= 0.6 is 0 Å². The Balaban J connectivity index is 1.89. The van der Waals surface area contributed by atoms with Crippen LogP contribution in [0.3, 0.4) is 0 Å². The molecule has 0 unspecified atom stereocenters. The summed E-state index contributed by atoms with van der Waals surface area (Å²) in [6.45, 7) is 4.68. The molecule has 0 aliphatic rings. The average Bonchev–Trinajstić information content (AvgIpc) is 2.48. The molecule has 0 saturated carbocycles. The van der Waals surface area contributed by atoms with Gasteiger partial charge in [-0.05, 0) is 37.1 Å². The molecule has 2 heteroatoms. The summed E-state index contributed by atoms with van der Waals surface area (Å²) in [6, 6.07) is 16.5. The number of aromatic nitrogens is 1. The van der Waals surface area contributed by atoms with E-state index < -0.39 is 0 Å². The first-order valence-electron chi connectivity index (χ1n) is 6.77. The van der Waals surface area contributed by atoms with E-state index in [4.69, 9.17) is 4.74 Å². The molecule has 0 radical (unpaired) electrons. The zero-order chi connectivity index (χ0) is 13.9. The van der Waals surface area contributed by atoms with Crippen molar-refractivity contribution in [1.82, 2.24) is 4.98 Å². The highest BCUT2D eigenvalue weighted by atomic mass is 16.5. The predicted molar refractivity (Wildman–Crippen MR) is 82.0 cm³/mol. The second-order valence-electron chi connectivity index (χ2n) is 5.05. The van der Waals surface area contributed by atoms with Gasteiger partial charge in [0, 0.05) is 17.1 Å². The highest BCUT2D eigenvalue weighted by molar-refractivity contribution is 5.81. The Morgan fingerprint density at radius 1 is 1.00 bits per heavy atom. The van der Waals surface area contributed by atoms with Gasteiger partial charge in [0.1, 0.15) is 12.4 Å². The standard InChI is InChI=1S/C18H17NO/c1-13-8-9-14(2)17(11-13)20-12-16-6-3-5-15-7-4-10-19-18(15)16/h3-11H,12H2,1-2H3. The largest absolute Gasteiger partial charge is 0.489 e. The van der Waals surface area contributed by atoms with Crippen molar-refractivity contribution in [3.05, 3.63) is 71.4 Å². The number of para-hydroxylation sites is 1. The molecule has 1 aromatic heterocycles. The van der Waals surface area contributed by atoms with E-state index in [1.807, 2.05) is 18.3 Å². The van der Waals surface area contributed by atoms with Gasteiger partial charge < -0.3 is 4.74 Å². The Bertz CT molecular complexity index is 744. The van der Waals surface area contributed by atoms with Crippen molar-refractivity contribution < 1.29 is 4.74 Å². The monoisotopic (exact) mass is 263 g/mol. The second kappa shape index (κ2) is 5.33. The third-order valence-electron chi connectivity index (χ3n) is 3.44. The molecule has 0 fully saturated rings. The van der Waals surface area contributed by atoms with Crippen molar-refractivity contribution in [2.45, 2.75) is 20.5 Å². The normalized spacial score (nSPS) is 10.7.